The molecule has 1 saturated heterocycles. The molecule has 1 fully saturated rings. The average Bonchev–Trinajstić information content (AvgIpc) is 3.02. The van der Waals surface area contributed by atoms with Crippen LogP contribution in [0, 0.1) is 5.82 Å². The molecule has 0 bridgehead atoms. The Labute approximate surface area is 141 Å². The molecule has 0 amide bonds. The number of benzene rings is 1. The van der Waals surface area contributed by atoms with Crippen molar-refractivity contribution in [3.8, 4) is 6.01 Å². The molecule has 1 aromatic carbocycles. The molecule has 1 aliphatic rings. The van der Waals surface area contributed by atoms with Gasteiger partial charge in [-0.05, 0) is 17.7 Å². The fraction of sp³-hybridized carbons (Fsp3) is 0.375. The molecule has 1 aliphatic heterocycles. The van der Waals surface area contributed by atoms with E-state index in [1.807, 2.05) is 0 Å². The predicted octanol–water partition coefficient (Wildman–Crippen LogP) is 2.57. The summed E-state index contributed by atoms with van der Waals surface area (Å²) in [6.45, 7) is 1.17. The Morgan fingerprint density at radius 1 is 1.04 bits per heavy atom. The van der Waals surface area contributed by atoms with Gasteiger partial charge in [0.1, 0.15) is 12.2 Å². The Bertz CT molecular complexity index is 692. The first-order valence-corrected chi connectivity index (χ1v) is 7.54. The van der Waals surface area contributed by atoms with Gasteiger partial charge >= 0.3 is 12.2 Å². The van der Waals surface area contributed by atoms with Gasteiger partial charge < -0.3 is 14.8 Å². The lowest BCUT2D eigenvalue weighted by atomic mass is 10.1. The van der Waals surface area contributed by atoms with Crippen molar-refractivity contribution in [3.63, 3.8) is 0 Å². The van der Waals surface area contributed by atoms with Crippen LogP contribution >= 0.6 is 0 Å². The first kappa shape index (κ1) is 17.6. The molecule has 134 valence electrons. The fourth-order valence-electron chi connectivity index (χ4n) is 2.40. The first-order chi connectivity index (χ1) is 11.9. The Morgan fingerprint density at radius 3 is 2.32 bits per heavy atom. The van der Waals surface area contributed by atoms with Crippen LogP contribution in [-0.4, -0.2) is 35.3 Å². The number of hydrogen-bond donors (Lipinski definition) is 1. The molecule has 0 saturated carbocycles. The number of nitrogens with one attached hydrogen (secondary N) is 1. The predicted molar refractivity (Wildman–Crippen MR) is 79.3 cm³/mol. The van der Waals surface area contributed by atoms with E-state index in [2.05, 4.69) is 15.3 Å². The molecule has 5 nitrogen and oxygen atoms in total. The molecule has 1 N–H and O–H groups in total. The summed E-state index contributed by atoms with van der Waals surface area (Å²) in [5, 5.41) is 3.09. The maximum absolute atomic E-state index is 12.8. The highest BCUT2D eigenvalue weighted by Gasteiger charge is 2.31. The molecule has 9 heteroatoms. The van der Waals surface area contributed by atoms with Gasteiger partial charge in [0.15, 0.2) is 5.82 Å². The molecular formula is C16H15F4N3O2. The molecule has 2 aromatic rings. The van der Waals surface area contributed by atoms with E-state index in [0.717, 1.165) is 24.5 Å². The Kier molecular flexibility index (Phi) is 5.14. The van der Waals surface area contributed by atoms with Gasteiger partial charge in [0.25, 0.3) is 0 Å². The minimum atomic E-state index is -4.36. The second-order valence-electron chi connectivity index (χ2n) is 5.54. The van der Waals surface area contributed by atoms with E-state index in [4.69, 9.17) is 9.47 Å². The smallest absolute Gasteiger partial charge is 0.416 e. The van der Waals surface area contributed by atoms with Crippen molar-refractivity contribution in [1.82, 2.24) is 15.3 Å². The number of aromatic nitrogens is 2. The van der Waals surface area contributed by atoms with Crippen LogP contribution < -0.4 is 10.1 Å². The summed E-state index contributed by atoms with van der Waals surface area (Å²) in [4.78, 5) is 7.46. The van der Waals surface area contributed by atoms with Crippen LogP contribution in [0.2, 0.25) is 0 Å². The Morgan fingerprint density at radius 2 is 1.68 bits per heavy atom. The molecule has 2 heterocycles. The standard InChI is InChI=1S/C16H15F4N3O2/c17-12-5-22-15(23-6-12)25-14-8-21-7-13(14)24-9-10-1-3-11(4-2-10)16(18,19)20/h1-6,13-14,21H,7-9H2/t13-,14?/m0/s1. The van der Waals surface area contributed by atoms with Gasteiger partial charge in [0.2, 0.25) is 0 Å². The minimum absolute atomic E-state index is 0.0400. The summed E-state index contributed by atoms with van der Waals surface area (Å²) >= 11 is 0. The van der Waals surface area contributed by atoms with Gasteiger partial charge in [0, 0.05) is 13.1 Å². The monoisotopic (exact) mass is 357 g/mol. The number of ether oxygens (including phenoxy) is 2. The molecule has 1 aromatic heterocycles. The third-order valence-corrected chi connectivity index (χ3v) is 3.70. The Hall–Kier alpha value is -2.26. The second-order valence-corrected chi connectivity index (χ2v) is 5.54. The third-order valence-electron chi connectivity index (χ3n) is 3.70. The van der Waals surface area contributed by atoms with Gasteiger partial charge in [-0.3, -0.25) is 0 Å². The normalized spacial score (nSPS) is 20.6. The highest BCUT2D eigenvalue weighted by atomic mass is 19.4. The Balaban J connectivity index is 1.55. The molecule has 3 rings (SSSR count). The third kappa shape index (κ3) is 4.64. The summed E-state index contributed by atoms with van der Waals surface area (Å²) in [5.41, 5.74) is -0.0786. The summed E-state index contributed by atoms with van der Waals surface area (Å²) in [5.74, 6) is -0.563. The van der Waals surface area contributed by atoms with Gasteiger partial charge in [-0.1, -0.05) is 12.1 Å². The van der Waals surface area contributed by atoms with E-state index in [-0.39, 0.29) is 24.8 Å². The van der Waals surface area contributed by atoms with Crippen molar-refractivity contribution in [2.75, 3.05) is 13.1 Å². The number of halogens is 4. The van der Waals surface area contributed by atoms with E-state index < -0.39 is 17.6 Å². The van der Waals surface area contributed by atoms with E-state index in [9.17, 15) is 17.6 Å². The molecule has 0 spiro atoms. The molecule has 0 radical (unpaired) electrons. The highest BCUT2D eigenvalue weighted by Crippen LogP contribution is 2.29. The van der Waals surface area contributed by atoms with Crippen molar-refractivity contribution in [3.05, 3.63) is 53.6 Å². The topological polar surface area (TPSA) is 56.3 Å². The molecule has 25 heavy (non-hydrogen) atoms. The zero-order valence-electron chi connectivity index (χ0n) is 13.0. The van der Waals surface area contributed by atoms with Gasteiger partial charge in [0.05, 0.1) is 24.6 Å². The quantitative estimate of drug-likeness (QED) is 0.834. The van der Waals surface area contributed by atoms with Crippen molar-refractivity contribution < 1.29 is 27.0 Å². The molecular weight excluding hydrogens is 342 g/mol. The van der Waals surface area contributed by atoms with Gasteiger partial charge in [-0.15, -0.1) is 0 Å². The lowest BCUT2D eigenvalue weighted by Crippen LogP contribution is -2.33. The zero-order chi connectivity index (χ0) is 17.9. The molecule has 0 aliphatic carbocycles. The van der Waals surface area contributed by atoms with E-state index in [1.165, 1.54) is 12.1 Å². The molecule has 1 unspecified atom stereocenters. The van der Waals surface area contributed by atoms with Crippen LogP contribution in [0.15, 0.2) is 36.7 Å². The lowest BCUT2D eigenvalue weighted by molar-refractivity contribution is -0.137. The van der Waals surface area contributed by atoms with Crippen molar-refractivity contribution in [2.24, 2.45) is 0 Å². The van der Waals surface area contributed by atoms with Crippen LogP contribution in [-0.2, 0) is 17.5 Å². The lowest BCUT2D eigenvalue weighted by Gasteiger charge is -2.19. The van der Waals surface area contributed by atoms with Crippen LogP contribution in [0.25, 0.3) is 0 Å². The van der Waals surface area contributed by atoms with Crippen molar-refractivity contribution in [1.29, 1.82) is 0 Å². The maximum atomic E-state index is 12.8. The van der Waals surface area contributed by atoms with Gasteiger partial charge in [-0.25, -0.2) is 14.4 Å². The fourth-order valence-corrected chi connectivity index (χ4v) is 2.40. The van der Waals surface area contributed by atoms with Gasteiger partial charge in [-0.2, -0.15) is 13.2 Å². The first-order valence-electron chi connectivity index (χ1n) is 7.54. The van der Waals surface area contributed by atoms with E-state index >= 15 is 0 Å². The minimum Gasteiger partial charge on any atom is -0.456 e. The summed E-state index contributed by atoms with van der Waals surface area (Å²) < 4.78 is 61.7. The van der Waals surface area contributed by atoms with E-state index in [1.54, 1.807) is 0 Å². The van der Waals surface area contributed by atoms with Crippen LogP contribution in [0.1, 0.15) is 11.1 Å². The van der Waals surface area contributed by atoms with Crippen molar-refractivity contribution in [2.45, 2.75) is 25.0 Å². The molecule has 2 atom stereocenters. The van der Waals surface area contributed by atoms with Crippen molar-refractivity contribution >= 4 is 0 Å². The zero-order valence-corrected chi connectivity index (χ0v) is 13.0. The average molecular weight is 357 g/mol. The van der Waals surface area contributed by atoms with Crippen LogP contribution in [0.3, 0.4) is 0 Å². The van der Waals surface area contributed by atoms with Crippen LogP contribution in [0.5, 0.6) is 6.01 Å². The SMILES string of the molecule is Fc1cnc(OC2CNC[C@@H]2OCc2ccc(C(F)(F)F)cc2)nc1. The highest BCUT2D eigenvalue weighted by molar-refractivity contribution is 5.24. The number of alkyl halides is 3. The number of hydrogen-bond acceptors (Lipinski definition) is 5. The number of rotatable bonds is 5. The number of nitrogens with zero attached hydrogens (tertiary/aromatic N) is 2. The maximum Gasteiger partial charge on any atom is 0.416 e. The summed E-state index contributed by atoms with van der Waals surface area (Å²) in [6.07, 6.45) is -3.05. The second kappa shape index (κ2) is 7.32. The summed E-state index contributed by atoms with van der Waals surface area (Å²) in [6, 6.07) is 4.84. The van der Waals surface area contributed by atoms with E-state index in [0.29, 0.717) is 18.7 Å². The summed E-state index contributed by atoms with van der Waals surface area (Å²) in [7, 11) is 0. The largest absolute Gasteiger partial charge is 0.456 e. The van der Waals surface area contributed by atoms with Crippen LogP contribution in [0.4, 0.5) is 17.6 Å².